The number of nitrogens with one attached hydrogen (secondary N) is 2. The van der Waals surface area contributed by atoms with Crippen molar-refractivity contribution in [3.63, 3.8) is 0 Å². The van der Waals surface area contributed by atoms with Gasteiger partial charge in [-0.05, 0) is 44.2 Å². The van der Waals surface area contributed by atoms with Crippen LogP contribution in [0, 0.1) is 0 Å². The zero-order valence-electron chi connectivity index (χ0n) is 18.6. The first-order valence-corrected chi connectivity index (χ1v) is 11.3. The van der Waals surface area contributed by atoms with E-state index in [9.17, 15) is 19.2 Å². The van der Waals surface area contributed by atoms with E-state index in [1.807, 2.05) is 6.07 Å². The summed E-state index contributed by atoms with van der Waals surface area (Å²) in [5, 5.41) is 18.3. The van der Waals surface area contributed by atoms with Gasteiger partial charge >= 0.3 is 5.97 Å². The number of aliphatic carboxylic acids is 1. The molecule has 0 spiro atoms. The van der Waals surface area contributed by atoms with Crippen LogP contribution in [0.25, 0.3) is 5.69 Å². The van der Waals surface area contributed by atoms with Crippen LogP contribution >= 0.6 is 0 Å². The number of ether oxygens (including phenoxy) is 1. The Labute approximate surface area is 196 Å². The third-order valence-electron chi connectivity index (χ3n) is 5.98. The summed E-state index contributed by atoms with van der Waals surface area (Å²) in [6.07, 6.45) is 4.41. The highest BCUT2D eigenvalue weighted by atomic mass is 16.5. The first-order valence-electron chi connectivity index (χ1n) is 11.3. The summed E-state index contributed by atoms with van der Waals surface area (Å²) in [6.45, 7) is -0.404. The zero-order chi connectivity index (χ0) is 24.1. The van der Waals surface area contributed by atoms with Gasteiger partial charge in [0.1, 0.15) is 12.6 Å². The summed E-state index contributed by atoms with van der Waals surface area (Å²) in [4.78, 5) is 50.1. The molecule has 1 aromatic carbocycles. The van der Waals surface area contributed by atoms with Gasteiger partial charge in [-0.1, -0.05) is 18.2 Å². The minimum Gasteiger partial charge on any atom is -0.480 e. The van der Waals surface area contributed by atoms with Crippen molar-refractivity contribution in [3.8, 4) is 11.6 Å². The number of hydrogen-bond acceptors (Lipinski definition) is 6. The van der Waals surface area contributed by atoms with Gasteiger partial charge in [-0.2, -0.15) is 5.10 Å². The van der Waals surface area contributed by atoms with E-state index < -0.39 is 24.5 Å². The largest absolute Gasteiger partial charge is 0.480 e. The highest BCUT2D eigenvalue weighted by molar-refractivity contribution is 5.94. The second-order valence-corrected chi connectivity index (χ2v) is 8.36. The summed E-state index contributed by atoms with van der Waals surface area (Å²) in [7, 11) is 0. The van der Waals surface area contributed by atoms with Gasteiger partial charge in [0.25, 0.3) is 11.8 Å². The van der Waals surface area contributed by atoms with Gasteiger partial charge in [-0.15, -0.1) is 0 Å². The molecule has 2 aromatic rings. The van der Waals surface area contributed by atoms with Gasteiger partial charge in [0.05, 0.1) is 5.69 Å². The molecule has 11 heteroatoms. The van der Waals surface area contributed by atoms with Gasteiger partial charge in [0.15, 0.2) is 12.3 Å². The third-order valence-corrected chi connectivity index (χ3v) is 5.98. The van der Waals surface area contributed by atoms with E-state index in [2.05, 4.69) is 15.7 Å². The maximum absolute atomic E-state index is 12.9. The SMILES string of the molecule is O=C(O)CNC(=O)c1cc(OCC(=O)N2CCCC2C(=O)NC2CCC2)n(-c2ccccc2)n1. The van der Waals surface area contributed by atoms with Crippen LogP contribution in [0.4, 0.5) is 0 Å². The molecule has 2 aliphatic rings. The molecule has 1 aliphatic carbocycles. The summed E-state index contributed by atoms with van der Waals surface area (Å²) in [5.41, 5.74) is 0.549. The van der Waals surface area contributed by atoms with Gasteiger partial charge in [0.2, 0.25) is 11.8 Å². The molecule has 4 rings (SSSR count). The lowest BCUT2D eigenvalue weighted by Crippen LogP contribution is -2.51. The molecule has 3 amide bonds. The van der Waals surface area contributed by atoms with Crippen molar-refractivity contribution in [1.82, 2.24) is 25.3 Å². The van der Waals surface area contributed by atoms with Crippen LogP contribution in [0.15, 0.2) is 36.4 Å². The van der Waals surface area contributed by atoms with Crippen molar-refractivity contribution in [2.24, 2.45) is 0 Å². The summed E-state index contributed by atoms with van der Waals surface area (Å²) in [6, 6.07) is 9.93. The maximum atomic E-state index is 12.9. The molecule has 34 heavy (non-hydrogen) atoms. The van der Waals surface area contributed by atoms with E-state index in [-0.39, 0.29) is 36.0 Å². The summed E-state index contributed by atoms with van der Waals surface area (Å²) < 4.78 is 7.11. The van der Waals surface area contributed by atoms with Crippen molar-refractivity contribution in [2.45, 2.75) is 44.2 Å². The number of rotatable bonds is 9. The lowest BCUT2D eigenvalue weighted by Gasteiger charge is -2.30. The van der Waals surface area contributed by atoms with E-state index in [0.29, 0.717) is 18.7 Å². The van der Waals surface area contributed by atoms with Gasteiger partial charge < -0.3 is 25.4 Å². The van der Waals surface area contributed by atoms with Crippen molar-refractivity contribution < 1.29 is 29.0 Å². The Morgan fingerprint density at radius 2 is 1.85 bits per heavy atom. The van der Waals surface area contributed by atoms with Gasteiger partial charge in [0, 0.05) is 18.7 Å². The molecule has 2 heterocycles. The summed E-state index contributed by atoms with van der Waals surface area (Å²) >= 11 is 0. The molecule has 1 atom stereocenters. The average Bonchev–Trinajstić information content (AvgIpc) is 3.46. The highest BCUT2D eigenvalue weighted by Crippen LogP contribution is 2.23. The number of carbonyl (C=O) groups excluding carboxylic acids is 3. The third kappa shape index (κ3) is 5.36. The Morgan fingerprint density at radius 3 is 2.53 bits per heavy atom. The molecule has 0 radical (unpaired) electrons. The number of para-hydroxylation sites is 1. The Kier molecular flexibility index (Phi) is 7.09. The van der Waals surface area contributed by atoms with Crippen LogP contribution in [0.1, 0.15) is 42.6 Å². The molecule has 0 bridgehead atoms. The Hall–Kier alpha value is -3.89. The topological polar surface area (TPSA) is 143 Å². The Balaban J connectivity index is 1.45. The fourth-order valence-corrected chi connectivity index (χ4v) is 3.98. The quantitative estimate of drug-likeness (QED) is 0.491. The fourth-order valence-electron chi connectivity index (χ4n) is 3.98. The van der Waals surface area contributed by atoms with Gasteiger partial charge in [-0.3, -0.25) is 19.2 Å². The minimum atomic E-state index is -1.18. The van der Waals surface area contributed by atoms with Crippen molar-refractivity contribution in [2.75, 3.05) is 19.7 Å². The molecule has 180 valence electrons. The van der Waals surface area contributed by atoms with Crippen molar-refractivity contribution >= 4 is 23.7 Å². The lowest BCUT2D eigenvalue weighted by molar-refractivity contribution is -0.140. The molecular formula is C23H27N5O6. The molecule has 11 nitrogen and oxygen atoms in total. The molecule has 1 aromatic heterocycles. The normalized spacial score (nSPS) is 17.6. The number of benzene rings is 1. The Morgan fingerprint density at radius 1 is 1.09 bits per heavy atom. The highest BCUT2D eigenvalue weighted by Gasteiger charge is 2.35. The Bertz CT molecular complexity index is 1070. The van der Waals surface area contributed by atoms with Crippen LogP contribution < -0.4 is 15.4 Å². The van der Waals surface area contributed by atoms with Crippen LogP contribution in [0.3, 0.4) is 0 Å². The zero-order valence-corrected chi connectivity index (χ0v) is 18.6. The monoisotopic (exact) mass is 469 g/mol. The van der Waals surface area contributed by atoms with Gasteiger partial charge in [-0.25, -0.2) is 4.68 Å². The van der Waals surface area contributed by atoms with Crippen LogP contribution in [-0.2, 0) is 14.4 Å². The number of carbonyl (C=O) groups is 4. The number of carboxylic acids is 1. The molecule has 3 N–H and O–H groups in total. The second kappa shape index (κ2) is 10.4. The molecular weight excluding hydrogens is 442 g/mol. The molecule has 1 aliphatic heterocycles. The molecule has 2 fully saturated rings. The molecule has 1 unspecified atom stereocenters. The number of nitrogens with zero attached hydrogens (tertiary/aromatic N) is 3. The van der Waals surface area contributed by atoms with E-state index >= 15 is 0 Å². The first kappa shape index (κ1) is 23.3. The van der Waals surface area contributed by atoms with Crippen molar-refractivity contribution in [3.05, 3.63) is 42.1 Å². The molecule has 1 saturated carbocycles. The smallest absolute Gasteiger partial charge is 0.322 e. The maximum Gasteiger partial charge on any atom is 0.322 e. The van der Waals surface area contributed by atoms with Crippen LogP contribution in [0.5, 0.6) is 5.88 Å². The number of hydrogen-bond donors (Lipinski definition) is 3. The minimum absolute atomic E-state index is 0.0496. The van der Waals surface area contributed by atoms with E-state index in [1.54, 1.807) is 24.3 Å². The predicted molar refractivity (Wildman–Crippen MR) is 120 cm³/mol. The summed E-state index contributed by atoms with van der Waals surface area (Å²) in [5.74, 6) is -2.17. The average molecular weight is 469 g/mol. The fraction of sp³-hybridized carbons (Fsp3) is 0.435. The standard InChI is InChI=1S/C23H27N5O6/c29-19(27-11-5-10-18(27)23(33)25-15-6-4-7-15)14-34-20-12-17(22(32)24-13-21(30)31)26-28(20)16-8-2-1-3-9-16/h1-3,8-9,12,15,18H,4-7,10-11,13-14H2,(H,24,32)(H,25,33)(H,30,31). The van der Waals surface area contributed by atoms with Crippen molar-refractivity contribution in [1.29, 1.82) is 0 Å². The predicted octanol–water partition coefficient (Wildman–Crippen LogP) is 0.725. The lowest BCUT2D eigenvalue weighted by atomic mass is 9.93. The van der Waals surface area contributed by atoms with Crippen LogP contribution in [-0.4, -0.2) is 75.3 Å². The second-order valence-electron chi connectivity index (χ2n) is 8.36. The van der Waals surface area contributed by atoms with E-state index in [4.69, 9.17) is 9.84 Å². The number of aromatic nitrogens is 2. The van der Waals surface area contributed by atoms with E-state index in [1.165, 1.54) is 15.6 Å². The molecule has 1 saturated heterocycles. The number of likely N-dealkylation sites (tertiary alicyclic amines) is 1. The number of amides is 3. The van der Waals surface area contributed by atoms with Crippen LogP contribution in [0.2, 0.25) is 0 Å². The number of carboxylic acid groups (broad SMARTS) is 1. The first-order chi connectivity index (χ1) is 16.4. The van der Waals surface area contributed by atoms with E-state index in [0.717, 1.165) is 25.7 Å².